The van der Waals surface area contributed by atoms with E-state index in [1.165, 1.54) is 19.3 Å². The van der Waals surface area contributed by atoms with E-state index in [1.807, 2.05) is 0 Å². The molecule has 0 aliphatic heterocycles. The van der Waals surface area contributed by atoms with Crippen LogP contribution in [0.3, 0.4) is 0 Å². The van der Waals surface area contributed by atoms with Crippen LogP contribution in [0.2, 0.25) is 6.04 Å². The summed E-state index contributed by atoms with van der Waals surface area (Å²) in [6.07, 6.45) is 8.85. The molecule has 0 saturated heterocycles. The first-order chi connectivity index (χ1) is 6.28. The standard InChI is InChI=1S/C10H17O2Si/c1-11-13(12-2)8-10-5-3-9(7-10)4-6-10/h3,5,9H,4,6-8H2,1-2H3. The number of hydrogen-bond acceptors (Lipinski definition) is 2. The van der Waals surface area contributed by atoms with Gasteiger partial charge in [0.2, 0.25) is 0 Å². The molecule has 1 saturated carbocycles. The topological polar surface area (TPSA) is 18.5 Å². The highest BCUT2D eigenvalue weighted by Gasteiger charge is 2.43. The fourth-order valence-corrected chi connectivity index (χ4v) is 4.06. The summed E-state index contributed by atoms with van der Waals surface area (Å²) < 4.78 is 10.7. The molecular formula is C10H17O2Si. The van der Waals surface area contributed by atoms with E-state index in [0.717, 1.165) is 12.0 Å². The van der Waals surface area contributed by atoms with Gasteiger partial charge in [-0.3, -0.25) is 0 Å². The molecule has 0 amide bonds. The lowest BCUT2D eigenvalue weighted by Crippen LogP contribution is -2.27. The molecule has 1 fully saturated rings. The average Bonchev–Trinajstić information content (AvgIpc) is 2.74. The summed E-state index contributed by atoms with van der Waals surface area (Å²) in [6.45, 7) is 0. The number of allylic oxidation sites excluding steroid dienone is 2. The zero-order chi connectivity index (χ0) is 9.31. The monoisotopic (exact) mass is 197 g/mol. The van der Waals surface area contributed by atoms with E-state index in [-0.39, 0.29) is 0 Å². The molecule has 0 heterocycles. The molecule has 2 aliphatic carbocycles. The third-order valence-electron chi connectivity index (χ3n) is 3.36. The fraction of sp³-hybridized carbons (Fsp3) is 0.800. The molecule has 2 rings (SSSR count). The van der Waals surface area contributed by atoms with Crippen LogP contribution in [0.15, 0.2) is 12.2 Å². The predicted molar refractivity (Wildman–Crippen MR) is 53.5 cm³/mol. The van der Waals surface area contributed by atoms with Crippen molar-refractivity contribution in [2.45, 2.75) is 25.3 Å². The Morgan fingerprint density at radius 3 is 2.62 bits per heavy atom. The summed E-state index contributed by atoms with van der Waals surface area (Å²) in [6, 6.07) is 1.12. The Hall–Kier alpha value is -0.123. The highest BCUT2D eigenvalue weighted by atomic mass is 28.3. The molecule has 2 bridgehead atoms. The second-order valence-corrected chi connectivity index (χ2v) is 6.10. The quantitative estimate of drug-likeness (QED) is 0.508. The van der Waals surface area contributed by atoms with E-state index in [2.05, 4.69) is 12.2 Å². The Morgan fingerprint density at radius 2 is 2.23 bits per heavy atom. The van der Waals surface area contributed by atoms with Crippen LogP contribution >= 0.6 is 0 Å². The van der Waals surface area contributed by atoms with Gasteiger partial charge in [0.25, 0.3) is 0 Å². The third kappa shape index (κ3) is 1.73. The van der Waals surface area contributed by atoms with Crippen molar-refractivity contribution in [3.05, 3.63) is 12.2 Å². The van der Waals surface area contributed by atoms with E-state index in [0.29, 0.717) is 5.41 Å². The minimum absolute atomic E-state index is 0.449. The van der Waals surface area contributed by atoms with Crippen LogP contribution in [0.1, 0.15) is 19.3 Å². The maximum absolute atomic E-state index is 5.35. The summed E-state index contributed by atoms with van der Waals surface area (Å²) in [4.78, 5) is 0. The van der Waals surface area contributed by atoms with E-state index < -0.39 is 9.28 Å². The van der Waals surface area contributed by atoms with Gasteiger partial charge in [0.1, 0.15) is 0 Å². The van der Waals surface area contributed by atoms with Crippen LogP contribution in [-0.2, 0) is 8.85 Å². The molecule has 0 spiro atoms. The van der Waals surface area contributed by atoms with Crippen molar-refractivity contribution in [3.63, 3.8) is 0 Å². The SMILES string of the molecule is CO[Si](CC12C=CC(CC1)C2)OC. The normalized spacial score (nSPS) is 36.4. The molecule has 0 aromatic carbocycles. The number of fused-ring (bicyclic) bond motifs is 2. The van der Waals surface area contributed by atoms with E-state index in [4.69, 9.17) is 8.85 Å². The average molecular weight is 197 g/mol. The fourth-order valence-electron chi connectivity index (χ4n) is 2.59. The van der Waals surface area contributed by atoms with Gasteiger partial charge in [-0.15, -0.1) is 0 Å². The van der Waals surface area contributed by atoms with Crippen LogP contribution in [0.4, 0.5) is 0 Å². The molecular weight excluding hydrogens is 180 g/mol. The molecule has 2 unspecified atom stereocenters. The van der Waals surface area contributed by atoms with Gasteiger partial charge >= 0.3 is 9.28 Å². The maximum Gasteiger partial charge on any atom is 0.384 e. The molecule has 13 heavy (non-hydrogen) atoms. The minimum atomic E-state index is -1.00. The van der Waals surface area contributed by atoms with Gasteiger partial charge in [0.05, 0.1) is 0 Å². The lowest BCUT2D eigenvalue weighted by Gasteiger charge is -2.25. The van der Waals surface area contributed by atoms with Gasteiger partial charge in [-0.05, 0) is 30.6 Å². The van der Waals surface area contributed by atoms with Gasteiger partial charge in [0, 0.05) is 20.3 Å². The number of rotatable bonds is 4. The van der Waals surface area contributed by atoms with Gasteiger partial charge in [-0.1, -0.05) is 12.2 Å². The Labute approximate surface area is 81.8 Å². The maximum atomic E-state index is 5.35. The molecule has 3 heteroatoms. The Bertz CT molecular complexity index is 213. The summed E-state index contributed by atoms with van der Waals surface area (Å²) in [5.41, 5.74) is 0.449. The largest absolute Gasteiger partial charge is 0.397 e. The second kappa shape index (κ2) is 3.56. The zero-order valence-electron chi connectivity index (χ0n) is 8.38. The van der Waals surface area contributed by atoms with Crippen LogP contribution in [-0.4, -0.2) is 23.5 Å². The van der Waals surface area contributed by atoms with Crippen LogP contribution in [0, 0.1) is 11.3 Å². The van der Waals surface area contributed by atoms with E-state index >= 15 is 0 Å². The Morgan fingerprint density at radius 1 is 1.46 bits per heavy atom. The molecule has 0 N–H and O–H groups in total. The van der Waals surface area contributed by atoms with Gasteiger partial charge in [-0.25, -0.2) is 0 Å². The first kappa shape index (κ1) is 9.43. The van der Waals surface area contributed by atoms with Crippen molar-refractivity contribution in [3.8, 4) is 0 Å². The van der Waals surface area contributed by atoms with E-state index in [1.54, 1.807) is 14.2 Å². The summed E-state index contributed by atoms with van der Waals surface area (Å²) in [5.74, 6) is 0.858. The smallest absolute Gasteiger partial charge is 0.384 e. The van der Waals surface area contributed by atoms with Crippen LogP contribution in [0.25, 0.3) is 0 Å². The summed E-state index contributed by atoms with van der Waals surface area (Å²) >= 11 is 0. The number of hydrogen-bond donors (Lipinski definition) is 0. The van der Waals surface area contributed by atoms with E-state index in [9.17, 15) is 0 Å². The van der Waals surface area contributed by atoms with Crippen molar-refractivity contribution < 1.29 is 8.85 Å². The molecule has 2 atom stereocenters. The predicted octanol–water partition coefficient (Wildman–Crippen LogP) is 2.12. The first-order valence-electron chi connectivity index (χ1n) is 4.91. The molecule has 0 aromatic heterocycles. The molecule has 2 nitrogen and oxygen atoms in total. The van der Waals surface area contributed by atoms with Crippen molar-refractivity contribution >= 4 is 9.28 Å². The molecule has 0 aromatic rings. The van der Waals surface area contributed by atoms with Gasteiger partial charge in [-0.2, -0.15) is 0 Å². The molecule has 73 valence electrons. The van der Waals surface area contributed by atoms with Crippen LogP contribution < -0.4 is 0 Å². The Balaban J connectivity index is 1.97. The summed E-state index contributed by atoms with van der Waals surface area (Å²) in [7, 11) is 2.53. The highest BCUT2D eigenvalue weighted by Crippen LogP contribution is 2.52. The van der Waals surface area contributed by atoms with Crippen molar-refractivity contribution in [1.29, 1.82) is 0 Å². The van der Waals surface area contributed by atoms with Crippen molar-refractivity contribution in [2.24, 2.45) is 11.3 Å². The highest BCUT2D eigenvalue weighted by molar-refractivity contribution is 6.44. The van der Waals surface area contributed by atoms with Crippen LogP contribution in [0.5, 0.6) is 0 Å². The summed E-state index contributed by atoms with van der Waals surface area (Å²) in [5, 5.41) is 0. The molecule has 1 radical (unpaired) electrons. The van der Waals surface area contributed by atoms with Gasteiger partial charge < -0.3 is 8.85 Å². The zero-order valence-corrected chi connectivity index (χ0v) is 9.38. The van der Waals surface area contributed by atoms with Crippen molar-refractivity contribution in [1.82, 2.24) is 0 Å². The van der Waals surface area contributed by atoms with Crippen molar-refractivity contribution in [2.75, 3.05) is 14.2 Å². The Kier molecular flexibility index (Phi) is 2.58. The lowest BCUT2D eigenvalue weighted by molar-refractivity contribution is 0.258. The second-order valence-electron chi connectivity index (χ2n) is 4.18. The molecule has 2 aliphatic rings. The minimum Gasteiger partial charge on any atom is -0.397 e. The first-order valence-corrected chi connectivity index (χ1v) is 6.43. The van der Waals surface area contributed by atoms with Gasteiger partial charge in [0.15, 0.2) is 0 Å². The third-order valence-corrected chi connectivity index (χ3v) is 5.26. The lowest BCUT2D eigenvalue weighted by atomic mass is 9.90.